The monoisotopic (exact) mass is 360 g/mol. The average molecular weight is 361 g/mol. The van der Waals surface area contributed by atoms with Crippen molar-refractivity contribution in [3.8, 4) is 28.6 Å². The van der Waals surface area contributed by atoms with Gasteiger partial charge in [-0.2, -0.15) is 14.9 Å². The Kier molecular flexibility index (Phi) is 3.83. The number of aryl methyl sites for hydroxylation is 1. The van der Waals surface area contributed by atoms with Crippen molar-refractivity contribution in [1.29, 1.82) is 5.26 Å². The molecule has 0 saturated heterocycles. The SMILES string of the molecule is Cc1c(-c2ccccc2Cl)nn2c(=O)cc(-c3ccc(C#N)cc3)[nH]c12. The molecule has 2 aromatic heterocycles. The minimum Gasteiger partial charge on any atom is -0.339 e. The van der Waals surface area contributed by atoms with E-state index in [1.165, 1.54) is 10.6 Å². The van der Waals surface area contributed by atoms with Gasteiger partial charge in [0.15, 0.2) is 0 Å². The molecule has 6 heteroatoms. The van der Waals surface area contributed by atoms with Crippen LogP contribution in [0.1, 0.15) is 11.1 Å². The maximum atomic E-state index is 12.6. The third-order valence-electron chi connectivity index (χ3n) is 4.31. The highest BCUT2D eigenvalue weighted by molar-refractivity contribution is 6.33. The molecule has 5 nitrogen and oxygen atoms in total. The lowest BCUT2D eigenvalue weighted by Gasteiger charge is -2.03. The van der Waals surface area contributed by atoms with Gasteiger partial charge in [0.1, 0.15) is 5.65 Å². The zero-order valence-electron chi connectivity index (χ0n) is 13.8. The highest BCUT2D eigenvalue weighted by Crippen LogP contribution is 2.30. The molecule has 26 heavy (non-hydrogen) atoms. The summed E-state index contributed by atoms with van der Waals surface area (Å²) in [6.45, 7) is 1.90. The molecule has 1 N–H and O–H groups in total. The summed E-state index contributed by atoms with van der Waals surface area (Å²) < 4.78 is 1.35. The van der Waals surface area contributed by atoms with E-state index < -0.39 is 0 Å². The Morgan fingerprint density at radius 3 is 2.58 bits per heavy atom. The Morgan fingerprint density at radius 2 is 1.88 bits per heavy atom. The third-order valence-corrected chi connectivity index (χ3v) is 4.64. The first-order chi connectivity index (χ1) is 12.6. The predicted octanol–water partition coefficient (Wildman–Crippen LogP) is 4.19. The van der Waals surface area contributed by atoms with Crippen LogP contribution in [0.5, 0.6) is 0 Å². The molecule has 0 saturated carbocycles. The molecule has 0 bridgehead atoms. The van der Waals surface area contributed by atoms with Crippen molar-refractivity contribution < 1.29 is 0 Å². The molecule has 0 fully saturated rings. The van der Waals surface area contributed by atoms with Gasteiger partial charge >= 0.3 is 0 Å². The molecule has 0 spiro atoms. The zero-order chi connectivity index (χ0) is 18.3. The van der Waals surface area contributed by atoms with Crippen LogP contribution in [0, 0.1) is 18.3 Å². The van der Waals surface area contributed by atoms with Gasteiger partial charge in [-0.15, -0.1) is 0 Å². The van der Waals surface area contributed by atoms with E-state index in [1.54, 1.807) is 30.3 Å². The summed E-state index contributed by atoms with van der Waals surface area (Å²) in [5.41, 5.74) is 4.73. The van der Waals surface area contributed by atoms with Crippen molar-refractivity contribution in [3.63, 3.8) is 0 Å². The van der Waals surface area contributed by atoms with Gasteiger partial charge in [0, 0.05) is 17.2 Å². The standard InChI is InChI=1S/C20H13ClN4O/c1-12-19(15-4-2-3-5-16(15)21)24-25-18(26)10-17(23-20(12)25)14-8-6-13(11-22)7-9-14/h2-10,23H,1H3. The number of rotatable bonds is 2. The highest BCUT2D eigenvalue weighted by Gasteiger charge is 2.16. The molecule has 126 valence electrons. The quantitative estimate of drug-likeness (QED) is 0.582. The summed E-state index contributed by atoms with van der Waals surface area (Å²) in [5, 5.41) is 14.0. The summed E-state index contributed by atoms with van der Waals surface area (Å²) in [6.07, 6.45) is 0. The lowest BCUT2D eigenvalue weighted by Crippen LogP contribution is -2.14. The van der Waals surface area contributed by atoms with Gasteiger partial charge in [0.2, 0.25) is 0 Å². The number of aromatic nitrogens is 3. The first-order valence-corrected chi connectivity index (χ1v) is 8.34. The molecular formula is C20H13ClN4O. The van der Waals surface area contributed by atoms with Gasteiger partial charge in [-0.1, -0.05) is 41.9 Å². The summed E-state index contributed by atoms with van der Waals surface area (Å²) in [5.74, 6) is 0. The number of hydrogen-bond donors (Lipinski definition) is 1. The maximum Gasteiger partial charge on any atom is 0.274 e. The van der Waals surface area contributed by atoms with Gasteiger partial charge in [-0.25, -0.2) is 0 Å². The fraction of sp³-hybridized carbons (Fsp3) is 0.0500. The Balaban J connectivity index is 1.92. The molecule has 0 radical (unpaired) electrons. The zero-order valence-corrected chi connectivity index (χ0v) is 14.6. The number of hydrogen-bond acceptors (Lipinski definition) is 3. The van der Waals surface area contributed by atoms with Crippen molar-refractivity contribution in [2.24, 2.45) is 0 Å². The summed E-state index contributed by atoms with van der Waals surface area (Å²) in [4.78, 5) is 15.8. The first kappa shape index (κ1) is 16.1. The molecule has 4 aromatic rings. The second-order valence-corrected chi connectivity index (χ2v) is 6.33. The predicted molar refractivity (Wildman–Crippen MR) is 101 cm³/mol. The number of aromatic amines is 1. The van der Waals surface area contributed by atoms with E-state index in [2.05, 4.69) is 16.2 Å². The minimum atomic E-state index is -0.237. The van der Waals surface area contributed by atoms with Crippen molar-refractivity contribution in [2.45, 2.75) is 6.92 Å². The molecule has 0 aliphatic heterocycles. The number of benzene rings is 2. The topological polar surface area (TPSA) is 74.0 Å². The van der Waals surface area contributed by atoms with Crippen LogP contribution < -0.4 is 5.56 Å². The summed E-state index contributed by atoms with van der Waals surface area (Å²) >= 11 is 6.29. The van der Waals surface area contributed by atoms with Crippen LogP contribution in [0.4, 0.5) is 0 Å². The Bertz CT molecular complexity index is 1230. The Labute approximate surface area is 154 Å². The van der Waals surface area contributed by atoms with Crippen LogP contribution >= 0.6 is 11.6 Å². The summed E-state index contributed by atoms with van der Waals surface area (Å²) in [6, 6.07) is 18.0. The molecule has 0 atom stereocenters. The largest absolute Gasteiger partial charge is 0.339 e. The van der Waals surface area contributed by atoms with Crippen molar-refractivity contribution in [2.75, 3.05) is 0 Å². The Morgan fingerprint density at radius 1 is 1.15 bits per heavy atom. The number of nitrogens with zero attached hydrogens (tertiary/aromatic N) is 3. The van der Waals surface area contributed by atoms with E-state index in [4.69, 9.17) is 16.9 Å². The fourth-order valence-electron chi connectivity index (χ4n) is 2.94. The normalized spacial score (nSPS) is 10.8. The lowest BCUT2D eigenvalue weighted by molar-refractivity contribution is 0.904. The average Bonchev–Trinajstić information content (AvgIpc) is 2.99. The van der Waals surface area contributed by atoms with E-state index in [-0.39, 0.29) is 5.56 Å². The Hall–Kier alpha value is -3.36. The highest BCUT2D eigenvalue weighted by atomic mass is 35.5. The number of nitriles is 1. The van der Waals surface area contributed by atoms with E-state index in [9.17, 15) is 4.79 Å². The van der Waals surface area contributed by atoms with Crippen LogP contribution in [0.15, 0.2) is 59.4 Å². The molecule has 0 aliphatic carbocycles. The van der Waals surface area contributed by atoms with Gasteiger partial charge in [-0.05, 0) is 30.7 Å². The number of halogens is 1. The maximum absolute atomic E-state index is 12.6. The van der Waals surface area contributed by atoms with Crippen molar-refractivity contribution in [1.82, 2.24) is 14.6 Å². The fourth-order valence-corrected chi connectivity index (χ4v) is 3.16. The third kappa shape index (κ3) is 2.57. The van der Waals surface area contributed by atoms with Crippen LogP contribution in [-0.4, -0.2) is 14.6 Å². The number of fused-ring (bicyclic) bond motifs is 1. The molecule has 2 heterocycles. The lowest BCUT2D eigenvalue weighted by atomic mass is 10.1. The number of nitrogens with one attached hydrogen (secondary N) is 1. The first-order valence-electron chi connectivity index (χ1n) is 7.96. The van der Waals surface area contributed by atoms with E-state index >= 15 is 0 Å². The van der Waals surface area contributed by atoms with E-state index in [0.29, 0.717) is 27.6 Å². The molecule has 2 aromatic carbocycles. The van der Waals surface area contributed by atoms with Gasteiger partial charge in [0.25, 0.3) is 5.56 Å². The second-order valence-electron chi connectivity index (χ2n) is 5.92. The van der Waals surface area contributed by atoms with Crippen LogP contribution in [0.3, 0.4) is 0 Å². The minimum absolute atomic E-state index is 0.237. The van der Waals surface area contributed by atoms with Crippen LogP contribution in [-0.2, 0) is 0 Å². The van der Waals surface area contributed by atoms with Crippen LogP contribution in [0.2, 0.25) is 5.02 Å². The molecule has 0 amide bonds. The van der Waals surface area contributed by atoms with Crippen molar-refractivity contribution in [3.05, 3.63) is 81.1 Å². The number of H-pyrrole nitrogens is 1. The smallest absolute Gasteiger partial charge is 0.274 e. The van der Waals surface area contributed by atoms with Gasteiger partial charge in [0.05, 0.1) is 28.0 Å². The molecular weight excluding hydrogens is 348 g/mol. The van der Waals surface area contributed by atoms with Gasteiger partial charge < -0.3 is 4.98 Å². The van der Waals surface area contributed by atoms with Crippen LogP contribution in [0.25, 0.3) is 28.2 Å². The molecule has 0 unspecified atom stereocenters. The summed E-state index contributed by atoms with van der Waals surface area (Å²) in [7, 11) is 0. The van der Waals surface area contributed by atoms with Gasteiger partial charge in [-0.3, -0.25) is 4.79 Å². The van der Waals surface area contributed by atoms with Crippen molar-refractivity contribution >= 4 is 17.2 Å². The van der Waals surface area contributed by atoms with E-state index in [0.717, 1.165) is 16.7 Å². The van der Waals surface area contributed by atoms with E-state index in [1.807, 2.05) is 25.1 Å². The molecule has 0 aliphatic rings. The molecule has 4 rings (SSSR count). The second kappa shape index (κ2) is 6.17.